The second kappa shape index (κ2) is 6.62. The third-order valence-corrected chi connectivity index (χ3v) is 2.93. The first-order valence-electron chi connectivity index (χ1n) is 6.87. The Balaban J connectivity index is 2.46. The fourth-order valence-corrected chi connectivity index (χ4v) is 1.86. The summed E-state index contributed by atoms with van der Waals surface area (Å²) in [5, 5.41) is 10.8. The van der Waals surface area contributed by atoms with Gasteiger partial charge in [-0.1, -0.05) is 43.9 Å². The fourth-order valence-electron chi connectivity index (χ4n) is 1.86. The maximum absolute atomic E-state index is 7.43. The summed E-state index contributed by atoms with van der Waals surface area (Å²) in [6, 6.07) is 13.6. The molecule has 0 aliphatic heterocycles. The zero-order chi connectivity index (χ0) is 15.2. The standard InChI is InChI=1S/C18H19N3/c1-13(2)8-9-14-10-17(20)15(12-19)11-18(14)21-16-6-4-3-5-7-16/h3-7,10-13,19,21H,20H2,1-2H3. The fraction of sp³-hybridized carbons (Fsp3) is 0.167. The summed E-state index contributed by atoms with van der Waals surface area (Å²) in [6.07, 6.45) is 1.26. The number of nitrogens with two attached hydrogens (primary N) is 1. The van der Waals surface area contributed by atoms with Gasteiger partial charge in [0.1, 0.15) is 0 Å². The average molecular weight is 277 g/mol. The lowest BCUT2D eigenvalue weighted by Crippen LogP contribution is -2.00. The van der Waals surface area contributed by atoms with Crippen molar-refractivity contribution in [3.05, 3.63) is 53.6 Å². The highest BCUT2D eigenvalue weighted by Gasteiger charge is 2.06. The lowest BCUT2D eigenvalue weighted by Gasteiger charge is -2.11. The Kier molecular flexibility index (Phi) is 4.63. The Hall–Kier alpha value is -2.73. The van der Waals surface area contributed by atoms with Crippen LogP contribution in [0.25, 0.3) is 0 Å². The molecule has 21 heavy (non-hydrogen) atoms. The number of rotatable bonds is 3. The molecule has 3 heteroatoms. The normalized spacial score (nSPS) is 9.86. The SMILES string of the molecule is CC(C)C#Cc1cc(N)c(C=N)cc1Nc1ccccc1. The van der Waals surface area contributed by atoms with Gasteiger partial charge in [-0.25, -0.2) is 0 Å². The molecule has 0 spiro atoms. The molecule has 0 unspecified atom stereocenters. The third-order valence-electron chi connectivity index (χ3n) is 2.93. The van der Waals surface area contributed by atoms with Gasteiger partial charge in [0.15, 0.2) is 0 Å². The topological polar surface area (TPSA) is 61.9 Å². The lowest BCUT2D eigenvalue weighted by molar-refractivity contribution is 0.866. The molecule has 0 bridgehead atoms. The summed E-state index contributed by atoms with van der Waals surface area (Å²) in [6.45, 7) is 4.10. The molecule has 2 rings (SSSR count). The first-order valence-corrected chi connectivity index (χ1v) is 6.87. The van der Waals surface area contributed by atoms with E-state index in [0.717, 1.165) is 16.9 Å². The molecule has 2 aromatic carbocycles. The van der Waals surface area contributed by atoms with Crippen LogP contribution < -0.4 is 11.1 Å². The van der Waals surface area contributed by atoms with Crippen LogP contribution in [0.2, 0.25) is 0 Å². The van der Waals surface area contributed by atoms with Crippen molar-refractivity contribution in [2.24, 2.45) is 5.92 Å². The largest absolute Gasteiger partial charge is 0.398 e. The highest BCUT2D eigenvalue weighted by atomic mass is 14.9. The molecule has 0 saturated carbocycles. The zero-order valence-electron chi connectivity index (χ0n) is 12.3. The molecule has 0 radical (unpaired) electrons. The number of anilines is 3. The monoisotopic (exact) mass is 277 g/mol. The molecular formula is C18H19N3. The number of benzene rings is 2. The Labute approximate surface area is 125 Å². The van der Waals surface area contributed by atoms with Crippen LogP contribution in [0.1, 0.15) is 25.0 Å². The molecule has 2 aromatic rings. The van der Waals surface area contributed by atoms with Gasteiger partial charge in [-0.2, -0.15) is 0 Å². The lowest BCUT2D eigenvalue weighted by atomic mass is 10.1. The van der Waals surface area contributed by atoms with Crippen LogP contribution in [0.4, 0.5) is 17.1 Å². The van der Waals surface area contributed by atoms with Crippen molar-refractivity contribution in [3.8, 4) is 11.8 Å². The van der Waals surface area contributed by atoms with E-state index in [9.17, 15) is 0 Å². The average Bonchev–Trinajstić information content (AvgIpc) is 2.48. The second-order valence-electron chi connectivity index (χ2n) is 5.09. The van der Waals surface area contributed by atoms with Gasteiger partial charge in [-0.15, -0.1) is 0 Å². The maximum atomic E-state index is 7.43. The molecule has 0 fully saturated rings. The minimum atomic E-state index is 0.290. The summed E-state index contributed by atoms with van der Waals surface area (Å²) < 4.78 is 0. The summed E-state index contributed by atoms with van der Waals surface area (Å²) >= 11 is 0. The third kappa shape index (κ3) is 3.87. The molecule has 0 heterocycles. The maximum Gasteiger partial charge on any atom is 0.0551 e. The van der Waals surface area contributed by atoms with Crippen molar-refractivity contribution in [1.82, 2.24) is 0 Å². The van der Waals surface area contributed by atoms with Crippen molar-refractivity contribution in [2.75, 3.05) is 11.1 Å². The van der Waals surface area contributed by atoms with E-state index >= 15 is 0 Å². The quantitative estimate of drug-likeness (QED) is 0.451. The number of nitrogens with one attached hydrogen (secondary N) is 2. The molecule has 0 aliphatic rings. The van der Waals surface area contributed by atoms with Gasteiger partial charge >= 0.3 is 0 Å². The van der Waals surface area contributed by atoms with Crippen molar-refractivity contribution in [1.29, 1.82) is 5.41 Å². The van der Waals surface area contributed by atoms with Crippen LogP contribution in [0.5, 0.6) is 0 Å². The molecule has 106 valence electrons. The summed E-state index contributed by atoms with van der Waals surface area (Å²) in [5.74, 6) is 6.60. The molecule has 0 amide bonds. The van der Waals surface area contributed by atoms with Gasteiger partial charge in [-0.3, -0.25) is 0 Å². The van der Waals surface area contributed by atoms with Gasteiger partial charge < -0.3 is 16.5 Å². The Morgan fingerprint density at radius 2 is 1.90 bits per heavy atom. The Bertz CT molecular complexity index is 692. The smallest absolute Gasteiger partial charge is 0.0551 e. The number of hydrogen-bond donors (Lipinski definition) is 3. The highest BCUT2D eigenvalue weighted by molar-refractivity contribution is 5.89. The van der Waals surface area contributed by atoms with E-state index in [-0.39, 0.29) is 0 Å². The van der Waals surface area contributed by atoms with Gasteiger partial charge in [-0.05, 0) is 24.3 Å². The van der Waals surface area contributed by atoms with E-state index in [1.54, 1.807) is 0 Å². The molecule has 4 N–H and O–H groups in total. The molecule has 0 atom stereocenters. The molecular weight excluding hydrogens is 258 g/mol. The number of para-hydroxylation sites is 1. The Morgan fingerprint density at radius 1 is 1.19 bits per heavy atom. The van der Waals surface area contributed by atoms with E-state index in [1.807, 2.05) is 56.3 Å². The molecule has 0 aromatic heterocycles. The van der Waals surface area contributed by atoms with Gasteiger partial charge in [0, 0.05) is 29.1 Å². The van der Waals surface area contributed by atoms with Crippen LogP contribution in [0, 0.1) is 23.2 Å². The van der Waals surface area contributed by atoms with E-state index in [0.29, 0.717) is 17.2 Å². The van der Waals surface area contributed by atoms with Gasteiger partial charge in [0.05, 0.1) is 11.3 Å². The van der Waals surface area contributed by atoms with Crippen LogP contribution in [0.3, 0.4) is 0 Å². The predicted octanol–water partition coefficient (Wildman–Crippen LogP) is 4.02. The zero-order valence-corrected chi connectivity index (χ0v) is 12.3. The van der Waals surface area contributed by atoms with E-state index in [2.05, 4.69) is 17.2 Å². The van der Waals surface area contributed by atoms with Crippen molar-refractivity contribution in [2.45, 2.75) is 13.8 Å². The minimum Gasteiger partial charge on any atom is -0.398 e. The minimum absolute atomic E-state index is 0.290. The molecule has 3 nitrogen and oxygen atoms in total. The van der Waals surface area contributed by atoms with E-state index < -0.39 is 0 Å². The van der Waals surface area contributed by atoms with Gasteiger partial charge in [0.25, 0.3) is 0 Å². The van der Waals surface area contributed by atoms with Crippen LogP contribution >= 0.6 is 0 Å². The van der Waals surface area contributed by atoms with Crippen LogP contribution in [0.15, 0.2) is 42.5 Å². The Morgan fingerprint density at radius 3 is 2.52 bits per heavy atom. The van der Waals surface area contributed by atoms with E-state index in [4.69, 9.17) is 11.1 Å². The molecule has 0 saturated heterocycles. The predicted molar refractivity (Wildman–Crippen MR) is 90.2 cm³/mol. The van der Waals surface area contributed by atoms with Crippen molar-refractivity contribution < 1.29 is 0 Å². The molecule has 0 aliphatic carbocycles. The summed E-state index contributed by atoms with van der Waals surface area (Å²) in [7, 11) is 0. The van der Waals surface area contributed by atoms with E-state index in [1.165, 1.54) is 6.21 Å². The van der Waals surface area contributed by atoms with Crippen LogP contribution in [-0.4, -0.2) is 6.21 Å². The first-order chi connectivity index (χ1) is 10.1. The number of nitrogen functional groups attached to an aromatic ring is 1. The summed E-state index contributed by atoms with van der Waals surface area (Å²) in [5.41, 5.74) is 9.89. The summed E-state index contributed by atoms with van der Waals surface area (Å²) in [4.78, 5) is 0. The number of hydrogen-bond acceptors (Lipinski definition) is 3. The van der Waals surface area contributed by atoms with Gasteiger partial charge in [0.2, 0.25) is 0 Å². The highest BCUT2D eigenvalue weighted by Crippen LogP contribution is 2.25. The van der Waals surface area contributed by atoms with Crippen LogP contribution in [-0.2, 0) is 0 Å². The van der Waals surface area contributed by atoms with Crippen molar-refractivity contribution in [3.63, 3.8) is 0 Å². The second-order valence-corrected chi connectivity index (χ2v) is 5.09. The van der Waals surface area contributed by atoms with Crippen molar-refractivity contribution >= 4 is 23.3 Å². The first kappa shape index (κ1) is 14.7.